The summed E-state index contributed by atoms with van der Waals surface area (Å²) in [5.41, 5.74) is 2.27. The van der Waals surface area contributed by atoms with E-state index in [0.717, 1.165) is 0 Å². The van der Waals surface area contributed by atoms with Crippen molar-refractivity contribution in [1.29, 1.82) is 0 Å². The van der Waals surface area contributed by atoms with Crippen LogP contribution < -0.4 is 15.4 Å². The van der Waals surface area contributed by atoms with Crippen LogP contribution in [0.15, 0.2) is 77.7 Å². The van der Waals surface area contributed by atoms with Gasteiger partial charge in [-0.2, -0.15) is 4.72 Å². The van der Waals surface area contributed by atoms with Gasteiger partial charge in [-0.3, -0.25) is 4.79 Å². The quantitative estimate of drug-likeness (QED) is 0.605. The highest BCUT2D eigenvalue weighted by atomic mass is 35.5. The van der Waals surface area contributed by atoms with Gasteiger partial charge in [0.05, 0.1) is 5.69 Å². The first-order valence-corrected chi connectivity index (χ1v) is 10.3. The minimum atomic E-state index is -3.61. The maximum atomic E-state index is 12.4. The summed E-state index contributed by atoms with van der Waals surface area (Å²) in [5, 5.41) is 6.46. The molecule has 0 bridgehead atoms. The molecule has 0 radical (unpaired) electrons. The van der Waals surface area contributed by atoms with E-state index in [0.29, 0.717) is 27.5 Å². The van der Waals surface area contributed by atoms with Crippen molar-refractivity contribution in [3.63, 3.8) is 0 Å². The van der Waals surface area contributed by atoms with Crippen LogP contribution in [-0.4, -0.2) is 14.3 Å². The number of carbonyl (C=O) groups excluding carboxylic acids is 1. The fourth-order valence-corrected chi connectivity index (χ4v) is 4.47. The van der Waals surface area contributed by atoms with E-state index in [9.17, 15) is 13.2 Å². The van der Waals surface area contributed by atoms with Crippen LogP contribution in [-0.2, 0) is 10.0 Å². The van der Waals surface area contributed by atoms with E-state index >= 15 is 0 Å². The zero-order valence-electron chi connectivity index (χ0n) is 14.5. The Labute approximate surface area is 167 Å². The van der Waals surface area contributed by atoms with Gasteiger partial charge in [-0.1, -0.05) is 41.9 Å². The zero-order valence-corrected chi connectivity index (χ0v) is 16.1. The summed E-state index contributed by atoms with van der Waals surface area (Å²) in [4.78, 5) is 12.6. The fraction of sp³-hybridized carbons (Fsp3) is 0.0500. The van der Waals surface area contributed by atoms with Gasteiger partial charge in [-0.05, 0) is 48.0 Å². The molecule has 0 fully saturated rings. The van der Waals surface area contributed by atoms with Crippen LogP contribution in [0, 0.1) is 0 Å². The van der Waals surface area contributed by atoms with Gasteiger partial charge in [0.1, 0.15) is 11.1 Å². The lowest BCUT2D eigenvalue weighted by Gasteiger charge is -2.28. The Morgan fingerprint density at radius 3 is 2.46 bits per heavy atom. The van der Waals surface area contributed by atoms with E-state index in [1.54, 1.807) is 72.8 Å². The number of sulfonamides is 1. The molecule has 0 saturated carbocycles. The lowest BCUT2D eigenvalue weighted by molar-refractivity contribution is 0.102. The number of hydrogen-bond acceptors (Lipinski definition) is 4. The SMILES string of the molecule is O=C(Nc1cccc(Cl)c1)c1ccc(C2Nc3ccccc3S(=O)(=O)N2)cc1. The Balaban J connectivity index is 1.53. The van der Waals surface area contributed by atoms with Crippen LogP contribution in [0.1, 0.15) is 22.1 Å². The molecule has 1 aliphatic heterocycles. The molecule has 1 heterocycles. The first-order chi connectivity index (χ1) is 13.4. The first kappa shape index (κ1) is 18.5. The van der Waals surface area contributed by atoms with E-state index in [-0.39, 0.29) is 10.8 Å². The molecule has 28 heavy (non-hydrogen) atoms. The van der Waals surface area contributed by atoms with Crippen molar-refractivity contribution in [3.05, 3.63) is 88.9 Å². The second-order valence-corrected chi connectivity index (χ2v) is 8.40. The highest BCUT2D eigenvalue weighted by Crippen LogP contribution is 2.30. The van der Waals surface area contributed by atoms with Crippen LogP contribution in [0.3, 0.4) is 0 Å². The monoisotopic (exact) mass is 413 g/mol. The molecular weight excluding hydrogens is 398 g/mol. The number of anilines is 2. The second kappa shape index (κ2) is 7.27. The maximum absolute atomic E-state index is 12.4. The number of fused-ring (bicyclic) bond motifs is 1. The molecule has 3 N–H and O–H groups in total. The van der Waals surface area contributed by atoms with Crippen molar-refractivity contribution in [2.24, 2.45) is 0 Å². The third-order valence-corrected chi connectivity index (χ3v) is 6.05. The number of amides is 1. The Morgan fingerprint density at radius 2 is 1.71 bits per heavy atom. The molecule has 6 nitrogen and oxygen atoms in total. The smallest absolute Gasteiger partial charge is 0.255 e. The molecular formula is C20H16ClN3O3S. The molecule has 8 heteroatoms. The molecule has 3 aromatic rings. The predicted octanol–water partition coefficient (Wildman–Crippen LogP) is 3.99. The third-order valence-electron chi connectivity index (χ3n) is 4.34. The van der Waals surface area contributed by atoms with E-state index in [1.807, 2.05) is 0 Å². The molecule has 142 valence electrons. The molecule has 0 saturated heterocycles. The van der Waals surface area contributed by atoms with Crippen molar-refractivity contribution in [3.8, 4) is 0 Å². The fourth-order valence-electron chi connectivity index (χ4n) is 2.97. The summed E-state index contributed by atoms with van der Waals surface area (Å²) in [6.07, 6.45) is -0.620. The van der Waals surface area contributed by atoms with Gasteiger partial charge in [0.2, 0.25) is 10.0 Å². The molecule has 4 rings (SSSR count). The van der Waals surface area contributed by atoms with Crippen molar-refractivity contribution < 1.29 is 13.2 Å². The van der Waals surface area contributed by atoms with Gasteiger partial charge >= 0.3 is 0 Å². The number of benzene rings is 3. The van der Waals surface area contributed by atoms with Gasteiger partial charge in [-0.15, -0.1) is 0 Å². The molecule has 1 amide bonds. The number of halogens is 1. The van der Waals surface area contributed by atoms with Crippen LogP contribution >= 0.6 is 11.6 Å². The molecule has 1 unspecified atom stereocenters. The summed E-state index contributed by atoms with van der Waals surface area (Å²) in [5.74, 6) is -0.281. The number of hydrogen-bond donors (Lipinski definition) is 3. The zero-order chi connectivity index (χ0) is 19.7. The number of carbonyl (C=O) groups is 1. The molecule has 0 aromatic heterocycles. The maximum Gasteiger partial charge on any atom is 0.255 e. The van der Waals surface area contributed by atoms with Gasteiger partial charge < -0.3 is 10.6 Å². The summed E-state index contributed by atoms with van der Waals surface area (Å²) in [6.45, 7) is 0. The van der Waals surface area contributed by atoms with Crippen molar-refractivity contribution in [2.45, 2.75) is 11.1 Å². The topological polar surface area (TPSA) is 87.3 Å². The van der Waals surface area contributed by atoms with E-state index in [1.165, 1.54) is 0 Å². The molecule has 1 aliphatic rings. The average Bonchev–Trinajstić information content (AvgIpc) is 2.67. The standard InChI is InChI=1S/C20H16ClN3O3S/c21-15-4-3-5-16(12-15)22-20(25)14-10-8-13(9-11-14)19-23-17-6-1-2-7-18(17)28(26,27)24-19/h1-12,19,23-24H,(H,22,25). The Kier molecular flexibility index (Phi) is 4.80. The Morgan fingerprint density at radius 1 is 0.964 bits per heavy atom. The molecule has 0 spiro atoms. The third kappa shape index (κ3) is 3.73. The highest BCUT2D eigenvalue weighted by molar-refractivity contribution is 7.89. The van der Waals surface area contributed by atoms with Crippen molar-refractivity contribution in [1.82, 2.24) is 4.72 Å². The van der Waals surface area contributed by atoms with Crippen LogP contribution in [0.5, 0.6) is 0 Å². The molecule has 0 aliphatic carbocycles. The average molecular weight is 414 g/mol. The van der Waals surface area contributed by atoms with E-state index < -0.39 is 16.2 Å². The second-order valence-electron chi connectivity index (χ2n) is 6.28. The van der Waals surface area contributed by atoms with E-state index in [4.69, 9.17) is 11.6 Å². The van der Waals surface area contributed by atoms with Crippen molar-refractivity contribution in [2.75, 3.05) is 10.6 Å². The van der Waals surface area contributed by atoms with E-state index in [2.05, 4.69) is 15.4 Å². The number of nitrogens with one attached hydrogen (secondary N) is 3. The van der Waals surface area contributed by atoms with Crippen molar-refractivity contribution >= 4 is 38.9 Å². The van der Waals surface area contributed by atoms with Crippen LogP contribution in [0.4, 0.5) is 11.4 Å². The molecule has 1 atom stereocenters. The summed E-state index contributed by atoms with van der Waals surface area (Å²) < 4.78 is 27.5. The Hall–Kier alpha value is -2.87. The van der Waals surface area contributed by atoms with Crippen LogP contribution in [0.25, 0.3) is 0 Å². The Bertz CT molecular complexity index is 1150. The largest absolute Gasteiger partial charge is 0.364 e. The highest BCUT2D eigenvalue weighted by Gasteiger charge is 2.29. The predicted molar refractivity (Wildman–Crippen MR) is 109 cm³/mol. The lowest BCUT2D eigenvalue weighted by Crippen LogP contribution is -2.38. The number of para-hydroxylation sites is 1. The first-order valence-electron chi connectivity index (χ1n) is 8.47. The normalized spacial score (nSPS) is 17.2. The van der Waals surface area contributed by atoms with Gasteiger partial charge in [0, 0.05) is 16.3 Å². The van der Waals surface area contributed by atoms with Gasteiger partial charge in [0.25, 0.3) is 5.91 Å². The summed E-state index contributed by atoms with van der Waals surface area (Å²) in [7, 11) is -3.61. The molecule has 3 aromatic carbocycles. The minimum Gasteiger partial charge on any atom is -0.364 e. The minimum absolute atomic E-state index is 0.212. The van der Waals surface area contributed by atoms with Gasteiger partial charge in [0.15, 0.2) is 0 Å². The summed E-state index contributed by atoms with van der Waals surface area (Å²) >= 11 is 5.93. The lowest BCUT2D eigenvalue weighted by atomic mass is 10.1. The van der Waals surface area contributed by atoms with Crippen LogP contribution in [0.2, 0.25) is 5.02 Å². The van der Waals surface area contributed by atoms with Gasteiger partial charge in [-0.25, -0.2) is 8.42 Å². The number of rotatable bonds is 3. The summed E-state index contributed by atoms with van der Waals surface area (Å²) in [6, 6.07) is 20.3.